The predicted octanol–water partition coefficient (Wildman–Crippen LogP) is 3.29. The van der Waals surface area contributed by atoms with Gasteiger partial charge in [0.05, 0.1) is 11.2 Å². The summed E-state index contributed by atoms with van der Waals surface area (Å²) in [6, 6.07) is 5.62. The molecule has 3 nitrogen and oxygen atoms in total. The van der Waals surface area contributed by atoms with E-state index in [9.17, 15) is 9.90 Å². The van der Waals surface area contributed by atoms with Gasteiger partial charge in [0.25, 0.3) is 5.91 Å². The minimum absolute atomic E-state index is 0.0506. The molecule has 100 valence electrons. The quantitative estimate of drug-likeness (QED) is 0.752. The summed E-state index contributed by atoms with van der Waals surface area (Å²) in [6.07, 6.45) is 0. The van der Waals surface area contributed by atoms with E-state index in [0.717, 1.165) is 8.04 Å². The molecule has 1 amide bonds. The second kappa shape index (κ2) is 6.34. The van der Waals surface area contributed by atoms with E-state index in [-0.39, 0.29) is 5.91 Å². The van der Waals surface area contributed by atoms with E-state index >= 15 is 0 Å². The van der Waals surface area contributed by atoms with Crippen LogP contribution in [0.4, 0.5) is 0 Å². The minimum atomic E-state index is -0.886. The Morgan fingerprint density at radius 3 is 2.61 bits per heavy atom. The number of benzene rings is 1. The number of carbonyl (C=O) groups is 1. The van der Waals surface area contributed by atoms with Crippen molar-refractivity contribution in [1.29, 1.82) is 0 Å². The summed E-state index contributed by atoms with van der Waals surface area (Å²) < 4.78 is 1.79. The highest BCUT2D eigenvalue weighted by Gasteiger charge is 2.23. The summed E-state index contributed by atoms with van der Waals surface area (Å²) in [5, 5.41) is 9.83. The second-order valence-corrected chi connectivity index (χ2v) is 6.83. The molecule has 0 unspecified atom stereocenters. The van der Waals surface area contributed by atoms with E-state index in [2.05, 4.69) is 38.5 Å². The van der Waals surface area contributed by atoms with Crippen LogP contribution in [0, 0.1) is 3.57 Å². The Morgan fingerprint density at radius 1 is 1.50 bits per heavy atom. The molecule has 0 saturated carbocycles. The maximum atomic E-state index is 12.4. The molecule has 0 heterocycles. The molecule has 1 rings (SSSR count). The number of carbonyl (C=O) groups excluding carboxylic acids is 1. The van der Waals surface area contributed by atoms with E-state index in [0.29, 0.717) is 18.7 Å². The molecule has 0 aliphatic carbocycles. The van der Waals surface area contributed by atoms with Gasteiger partial charge < -0.3 is 10.0 Å². The van der Waals surface area contributed by atoms with Crippen molar-refractivity contribution in [3.8, 4) is 0 Å². The van der Waals surface area contributed by atoms with Crippen molar-refractivity contribution in [3.63, 3.8) is 0 Å². The lowest BCUT2D eigenvalue weighted by Crippen LogP contribution is -2.42. The average molecular weight is 426 g/mol. The monoisotopic (exact) mass is 425 g/mol. The largest absolute Gasteiger partial charge is 0.389 e. The lowest BCUT2D eigenvalue weighted by atomic mass is 10.1. The van der Waals surface area contributed by atoms with Crippen molar-refractivity contribution in [1.82, 2.24) is 4.90 Å². The number of aliphatic hydroxyl groups is 1. The molecule has 0 saturated heterocycles. The smallest absolute Gasteiger partial charge is 0.255 e. The summed E-state index contributed by atoms with van der Waals surface area (Å²) in [5.41, 5.74) is -0.223. The van der Waals surface area contributed by atoms with Crippen molar-refractivity contribution in [2.75, 3.05) is 13.1 Å². The van der Waals surface area contributed by atoms with Crippen LogP contribution >= 0.6 is 38.5 Å². The van der Waals surface area contributed by atoms with Gasteiger partial charge in [-0.15, -0.1) is 0 Å². The second-order valence-electron chi connectivity index (χ2n) is 4.76. The lowest BCUT2D eigenvalue weighted by molar-refractivity contribution is 0.0314. The van der Waals surface area contributed by atoms with Gasteiger partial charge in [0.2, 0.25) is 0 Å². The molecule has 0 radical (unpaired) electrons. The Kier molecular flexibility index (Phi) is 5.61. The Morgan fingerprint density at radius 2 is 2.11 bits per heavy atom. The summed E-state index contributed by atoms with van der Waals surface area (Å²) in [5.74, 6) is -0.0506. The van der Waals surface area contributed by atoms with Crippen LogP contribution < -0.4 is 0 Å². The zero-order valence-electron chi connectivity index (χ0n) is 10.7. The molecule has 0 aliphatic rings. The molecule has 0 atom stereocenters. The number of nitrogens with zero attached hydrogens (tertiary/aromatic N) is 1. The van der Waals surface area contributed by atoms with Crippen LogP contribution in [0.3, 0.4) is 0 Å². The molecular weight excluding hydrogens is 409 g/mol. The van der Waals surface area contributed by atoms with Crippen LogP contribution in [0.5, 0.6) is 0 Å². The molecule has 1 N–H and O–H groups in total. The van der Waals surface area contributed by atoms with Crippen molar-refractivity contribution in [2.24, 2.45) is 0 Å². The SMILES string of the molecule is CCN(CC(C)(C)O)C(=O)c1cc(Br)ccc1I. The van der Waals surface area contributed by atoms with E-state index < -0.39 is 5.60 Å². The van der Waals surface area contributed by atoms with Crippen molar-refractivity contribution in [2.45, 2.75) is 26.4 Å². The molecule has 0 bridgehead atoms. The van der Waals surface area contributed by atoms with Gasteiger partial charge in [0.1, 0.15) is 0 Å². The van der Waals surface area contributed by atoms with E-state index in [1.165, 1.54) is 0 Å². The Balaban J connectivity index is 3.00. The van der Waals surface area contributed by atoms with Gasteiger partial charge in [0.15, 0.2) is 0 Å². The first kappa shape index (κ1) is 15.9. The highest BCUT2D eigenvalue weighted by molar-refractivity contribution is 14.1. The third-order valence-corrected chi connectivity index (χ3v) is 3.84. The fraction of sp³-hybridized carbons (Fsp3) is 0.462. The van der Waals surface area contributed by atoms with E-state index in [1.54, 1.807) is 18.7 Å². The van der Waals surface area contributed by atoms with Gasteiger partial charge in [-0.05, 0) is 61.6 Å². The maximum absolute atomic E-state index is 12.4. The fourth-order valence-corrected chi connectivity index (χ4v) is 2.55. The standard InChI is InChI=1S/C13H17BrINO2/c1-4-16(8-13(2,3)18)12(17)10-7-9(14)5-6-11(10)15/h5-7,18H,4,8H2,1-3H3. The molecule has 18 heavy (non-hydrogen) atoms. The molecule has 1 aromatic rings. The number of likely N-dealkylation sites (N-methyl/N-ethyl adjacent to an activating group) is 1. The summed E-state index contributed by atoms with van der Waals surface area (Å²) in [4.78, 5) is 14.1. The summed E-state index contributed by atoms with van der Waals surface area (Å²) >= 11 is 5.52. The van der Waals surface area contributed by atoms with Crippen LogP contribution in [0.1, 0.15) is 31.1 Å². The van der Waals surface area contributed by atoms with Gasteiger partial charge in [-0.1, -0.05) is 15.9 Å². The molecule has 0 aromatic heterocycles. The summed E-state index contributed by atoms with van der Waals surface area (Å²) in [6.45, 7) is 6.22. The fourth-order valence-electron chi connectivity index (χ4n) is 1.63. The van der Waals surface area contributed by atoms with Gasteiger partial charge >= 0.3 is 0 Å². The molecule has 5 heteroatoms. The predicted molar refractivity (Wildman–Crippen MR) is 84.7 cm³/mol. The van der Waals surface area contributed by atoms with Crippen molar-refractivity contribution >= 4 is 44.4 Å². The van der Waals surface area contributed by atoms with Gasteiger partial charge in [-0.2, -0.15) is 0 Å². The van der Waals surface area contributed by atoms with Crippen LogP contribution in [0.15, 0.2) is 22.7 Å². The van der Waals surface area contributed by atoms with Crippen molar-refractivity contribution < 1.29 is 9.90 Å². The van der Waals surface area contributed by atoms with E-state index in [1.807, 2.05) is 25.1 Å². The number of hydrogen-bond donors (Lipinski definition) is 1. The topological polar surface area (TPSA) is 40.5 Å². The number of rotatable bonds is 4. The number of hydrogen-bond acceptors (Lipinski definition) is 2. The first-order valence-electron chi connectivity index (χ1n) is 5.71. The van der Waals surface area contributed by atoms with Gasteiger partial charge in [-0.3, -0.25) is 4.79 Å². The van der Waals surface area contributed by atoms with Crippen LogP contribution in [-0.2, 0) is 0 Å². The molecular formula is C13H17BrINO2. The maximum Gasteiger partial charge on any atom is 0.255 e. The first-order valence-corrected chi connectivity index (χ1v) is 7.58. The zero-order chi connectivity index (χ0) is 13.9. The van der Waals surface area contributed by atoms with Crippen LogP contribution in [-0.4, -0.2) is 34.6 Å². The Hall–Kier alpha value is -0.140. The number of halogens is 2. The first-order chi connectivity index (χ1) is 8.24. The lowest BCUT2D eigenvalue weighted by Gasteiger charge is -2.28. The highest BCUT2D eigenvalue weighted by Crippen LogP contribution is 2.20. The van der Waals surface area contributed by atoms with Gasteiger partial charge in [0, 0.05) is 21.1 Å². The Bertz CT molecular complexity index is 443. The van der Waals surface area contributed by atoms with E-state index in [4.69, 9.17) is 0 Å². The zero-order valence-corrected chi connectivity index (χ0v) is 14.4. The molecule has 1 aromatic carbocycles. The number of amides is 1. The molecule has 0 fully saturated rings. The van der Waals surface area contributed by atoms with Crippen LogP contribution in [0.2, 0.25) is 0 Å². The van der Waals surface area contributed by atoms with Crippen LogP contribution in [0.25, 0.3) is 0 Å². The Labute approximate surface area is 130 Å². The average Bonchev–Trinajstić information content (AvgIpc) is 2.27. The van der Waals surface area contributed by atoms with Crippen molar-refractivity contribution in [3.05, 3.63) is 31.8 Å². The minimum Gasteiger partial charge on any atom is -0.389 e. The summed E-state index contributed by atoms with van der Waals surface area (Å²) in [7, 11) is 0. The third kappa shape index (κ3) is 4.51. The third-order valence-electron chi connectivity index (χ3n) is 2.41. The van der Waals surface area contributed by atoms with Gasteiger partial charge in [-0.25, -0.2) is 0 Å². The highest BCUT2D eigenvalue weighted by atomic mass is 127. The molecule has 0 spiro atoms. The normalized spacial score (nSPS) is 11.4. The molecule has 0 aliphatic heterocycles.